The second-order valence-electron chi connectivity index (χ2n) is 3.75. The Kier molecular flexibility index (Phi) is 3.12. The average Bonchev–Trinajstić information content (AvgIpc) is 2.97. The molecule has 0 radical (unpaired) electrons. The molecule has 16 heavy (non-hydrogen) atoms. The van der Waals surface area contributed by atoms with Crippen LogP contribution in [0.25, 0.3) is 0 Å². The number of esters is 1. The molecule has 1 aromatic rings. The zero-order valence-electron chi connectivity index (χ0n) is 9.60. The number of anilines is 1. The minimum Gasteiger partial charge on any atom is -0.461 e. The molecule has 0 unspecified atom stereocenters. The predicted octanol–water partition coefficient (Wildman–Crippen LogP) is 1.84. The summed E-state index contributed by atoms with van der Waals surface area (Å²) >= 11 is 0. The van der Waals surface area contributed by atoms with Gasteiger partial charge >= 0.3 is 5.97 Å². The van der Waals surface area contributed by atoms with E-state index in [0.717, 1.165) is 6.54 Å². The molecular formula is C11H16N2O3. The van der Waals surface area contributed by atoms with Crippen LogP contribution in [0, 0.1) is 0 Å². The number of hydrogen-bond acceptors (Lipinski definition) is 5. The highest BCUT2D eigenvalue weighted by Gasteiger charge is 2.31. The van der Waals surface area contributed by atoms with E-state index >= 15 is 0 Å². The molecule has 0 bridgehead atoms. The molecule has 0 spiro atoms. The van der Waals surface area contributed by atoms with Gasteiger partial charge in [-0.1, -0.05) is 0 Å². The minimum absolute atomic E-state index is 0.246. The summed E-state index contributed by atoms with van der Waals surface area (Å²) in [5, 5.41) is 0. The van der Waals surface area contributed by atoms with Crippen LogP contribution in [0.5, 0.6) is 0 Å². The van der Waals surface area contributed by atoms with Crippen LogP contribution in [0.2, 0.25) is 0 Å². The van der Waals surface area contributed by atoms with Gasteiger partial charge in [0.15, 0.2) is 5.69 Å². The number of hydrogen-bond donors (Lipinski definition) is 0. The van der Waals surface area contributed by atoms with E-state index in [9.17, 15) is 4.79 Å². The summed E-state index contributed by atoms with van der Waals surface area (Å²) in [6.45, 7) is 5.00. The Morgan fingerprint density at radius 2 is 2.38 bits per heavy atom. The Hall–Kier alpha value is -1.52. The highest BCUT2D eigenvalue weighted by molar-refractivity contribution is 5.87. The molecule has 0 atom stereocenters. The van der Waals surface area contributed by atoms with Gasteiger partial charge in [0.2, 0.25) is 0 Å². The third kappa shape index (κ3) is 2.18. The van der Waals surface area contributed by atoms with Crippen LogP contribution in [0.4, 0.5) is 6.01 Å². The molecule has 1 saturated carbocycles. The van der Waals surface area contributed by atoms with Crippen molar-refractivity contribution in [1.29, 1.82) is 0 Å². The van der Waals surface area contributed by atoms with E-state index in [2.05, 4.69) is 9.88 Å². The van der Waals surface area contributed by atoms with Crippen molar-refractivity contribution in [3.8, 4) is 0 Å². The van der Waals surface area contributed by atoms with E-state index in [1.165, 1.54) is 19.1 Å². The summed E-state index contributed by atoms with van der Waals surface area (Å²) in [6, 6.07) is 1.05. The van der Waals surface area contributed by atoms with Crippen LogP contribution >= 0.6 is 0 Å². The van der Waals surface area contributed by atoms with Gasteiger partial charge < -0.3 is 14.1 Å². The van der Waals surface area contributed by atoms with Crippen LogP contribution in [0.1, 0.15) is 37.2 Å². The maximum absolute atomic E-state index is 11.4. The molecular weight excluding hydrogens is 208 g/mol. The fourth-order valence-corrected chi connectivity index (χ4v) is 1.63. The first-order valence-electron chi connectivity index (χ1n) is 5.65. The van der Waals surface area contributed by atoms with E-state index in [0.29, 0.717) is 18.7 Å². The second kappa shape index (κ2) is 4.55. The fraction of sp³-hybridized carbons (Fsp3) is 0.636. The van der Waals surface area contributed by atoms with Crippen LogP contribution in [0.15, 0.2) is 10.7 Å². The van der Waals surface area contributed by atoms with E-state index < -0.39 is 5.97 Å². The van der Waals surface area contributed by atoms with Gasteiger partial charge in [-0.2, -0.15) is 4.98 Å². The first kappa shape index (κ1) is 11.0. The highest BCUT2D eigenvalue weighted by atomic mass is 16.5. The zero-order valence-corrected chi connectivity index (χ0v) is 9.60. The van der Waals surface area contributed by atoms with Crippen LogP contribution < -0.4 is 4.90 Å². The number of carbonyl (C=O) groups excluding carboxylic acids is 1. The van der Waals surface area contributed by atoms with E-state index in [4.69, 9.17) is 9.15 Å². The van der Waals surface area contributed by atoms with Gasteiger partial charge in [-0.25, -0.2) is 4.79 Å². The number of nitrogens with zero attached hydrogens (tertiary/aromatic N) is 2. The quantitative estimate of drug-likeness (QED) is 0.714. The monoisotopic (exact) mass is 224 g/mol. The van der Waals surface area contributed by atoms with Crippen LogP contribution in [-0.2, 0) is 4.74 Å². The lowest BCUT2D eigenvalue weighted by Crippen LogP contribution is -2.25. The number of carbonyl (C=O) groups is 1. The smallest absolute Gasteiger partial charge is 0.360 e. The average molecular weight is 224 g/mol. The fourth-order valence-electron chi connectivity index (χ4n) is 1.63. The molecule has 5 nitrogen and oxygen atoms in total. The Labute approximate surface area is 94.4 Å². The third-order valence-electron chi connectivity index (χ3n) is 2.55. The third-order valence-corrected chi connectivity index (χ3v) is 2.55. The lowest BCUT2D eigenvalue weighted by atomic mass is 10.5. The molecule has 5 heteroatoms. The summed E-state index contributed by atoms with van der Waals surface area (Å²) < 4.78 is 10.2. The Bertz CT molecular complexity index is 371. The summed E-state index contributed by atoms with van der Waals surface area (Å²) in [6.07, 6.45) is 3.70. The van der Waals surface area contributed by atoms with Crippen molar-refractivity contribution >= 4 is 12.0 Å². The SMILES string of the molecule is CCOC(=O)c1coc(N(CC)C2CC2)n1. The van der Waals surface area contributed by atoms with E-state index in [-0.39, 0.29) is 5.69 Å². The minimum atomic E-state index is -0.427. The summed E-state index contributed by atoms with van der Waals surface area (Å²) in [7, 11) is 0. The van der Waals surface area contributed by atoms with Crippen molar-refractivity contribution in [3.05, 3.63) is 12.0 Å². The van der Waals surface area contributed by atoms with Gasteiger partial charge in [0.25, 0.3) is 6.01 Å². The van der Waals surface area contributed by atoms with Gasteiger partial charge in [-0.3, -0.25) is 0 Å². The lowest BCUT2D eigenvalue weighted by Gasteiger charge is -2.16. The molecule has 0 aromatic carbocycles. The van der Waals surface area contributed by atoms with Crippen molar-refractivity contribution < 1.29 is 13.9 Å². The molecule has 0 aliphatic heterocycles. The number of oxazole rings is 1. The topological polar surface area (TPSA) is 55.6 Å². The lowest BCUT2D eigenvalue weighted by molar-refractivity contribution is 0.0519. The summed E-state index contributed by atoms with van der Waals surface area (Å²) in [5.74, 6) is -0.427. The highest BCUT2D eigenvalue weighted by Crippen LogP contribution is 2.30. The number of aromatic nitrogens is 1. The maximum Gasteiger partial charge on any atom is 0.360 e. The Morgan fingerprint density at radius 1 is 1.62 bits per heavy atom. The number of rotatable bonds is 5. The van der Waals surface area contributed by atoms with Crippen molar-refractivity contribution in [2.24, 2.45) is 0 Å². The molecule has 1 aromatic heterocycles. The van der Waals surface area contributed by atoms with Gasteiger partial charge in [0.05, 0.1) is 6.61 Å². The van der Waals surface area contributed by atoms with Crippen molar-refractivity contribution in [1.82, 2.24) is 4.98 Å². The molecule has 1 fully saturated rings. The summed E-state index contributed by atoms with van der Waals surface area (Å²) in [5.41, 5.74) is 0.246. The number of ether oxygens (including phenoxy) is 1. The van der Waals surface area contributed by atoms with Gasteiger partial charge in [-0.15, -0.1) is 0 Å². The van der Waals surface area contributed by atoms with Gasteiger partial charge in [0.1, 0.15) is 6.26 Å². The van der Waals surface area contributed by atoms with Gasteiger partial charge in [0, 0.05) is 12.6 Å². The van der Waals surface area contributed by atoms with E-state index in [1.54, 1.807) is 6.92 Å². The molecule has 1 aliphatic carbocycles. The van der Waals surface area contributed by atoms with Crippen LogP contribution in [-0.4, -0.2) is 30.1 Å². The van der Waals surface area contributed by atoms with Crippen molar-refractivity contribution in [2.75, 3.05) is 18.1 Å². The standard InChI is InChI=1S/C11H16N2O3/c1-3-13(8-5-6-8)11-12-9(7-16-11)10(14)15-4-2/h7-8H,3-6H2,1-2H3. The molecule has 2 rings (SSSR count). The molecule has 1 heterocycles. The van der Waals surface area contributed by atoms with Gasteiger partial charge in [-0.05, 0) is 26.7 Å². The molecule has 0 amide bonds. The maximum atomic E-state index is 11.4. The first-order valence-corrected chi connectivity index (χ1v) is 5.65. The Morgan fingerprint density at radius 3 is 2.94 bits per heavy atom. The molecule has 0 N–H and O–H groups in total. The van der Waals surface area contributed by atoms with E-state index in [1.807, 2.05) is 6.92 Å². The second-order valence-corrected chi connectivity index (χ2v) is 3.75. The molecule has 88 valence electrons. The van der Waals surface area contributed by atoms with Crippen molar-refractivity contribution in [3.63, 3.8) is 0 Å². The van der Waals surface area contributed by atoms with Crippen LogP contribution in [0.3, 0.4) is 0 Å². The summed E-state index contributed by atoms with van der Waals surface area (Å²) in [4.78, 5) is 17.6. The zero-order chi connectivity index (χ0) is 11.5. The largest absolute Gasteiger partial charge is 0.461 e. The normalized spacial score (nSPS) is 14.9. The van der Waals surface area contributed by atoms with Crippen molar-refractivity contribution in [2.45, 2.75) is 32.7 Å². The molecule has 0 saturated heterocycles. The Balaban J connectivity index is 2.08. The predicted molar refractivity (Wildman–Crippen MR) is 58.5 cm³/mol. The first-order chi connectivity index (χ1) is 7.76. The molecule has 1 aliphatic rings.